The Balaban J connectivity index is 1.31. The van der Waals surface area contributed by atoms with Crippen molar-refractivity contribution >= 4 is 22.8 Å². The summed E-state index contributed by atoms with van der Waals surface area (Å²) in [7, 11) is 2.18. The third-order valence-corrected chi connectivity index (χ3v) is 5.96. The molecule has 4 aromatic rings. The molecule has 3 heterocycles. The van der Waals surface area contributed by atoms with Crippen LogP contribution in [0.3, 0.4) is 0 Å². The molecule has 2 aromatic carbocycles. The molecule has 0 unspecified atom stereocenters. The van der Waals surface area contributed by atoms with Crippen molar-refractivity contribution < 1.29 is 5.11 Å². The molecule has 33 heavy (non-hydrogen) atoms. The van der Waals surface area contributed by atoms with Gasteiger partial charge in [0.15, 0.2) is 11.2 Å². The molecule has 9 heteroatoms. The van der Waals surface area contributed by atoms with Gasteiger partial charge in [-0.1, -0.05) is 29.5 Å². The van der Waals surface area contributed by atoms with Crippen molar-refractivity contribution in [1.82, 2.24) is 34.8 Å². The molecule has 1 aliphatic rings. The lowest BCUT2D eigenvalue weighted by Gasteiger charge is -2.32. The lowest BCUT2D eigenvalue weighted by molar-refractivity contribution is 0.148. The SMILES string of the molecule is CN1CCN(Cc2ccc(Nc3ncc4nnn(-c5cccc(CCO)c5)c4n3)cc2)CC1. The highest BCUT2D eigenvalue weighted by Gasteiger charge is 2.14. The number of rotatable bonds is 7. The summed E-state index contributed by atoms with van der Waals surface area (Å²) >= 11 is 0. The second-order valence-electron chi connectivity index (χ2n) is 8.45. The summed E-state index contributed by atoms with van der Waals surface area (Å²) in [6.45, 7) is 5.53. The van der Waals surface area contributed by atoms with Crippen LogP contribution in [0.25, 0.3) is 16.9 Å². The molecular weight excluding hydrogens is 416 g/mol. The van der Waals surface area contributed by atoms with E-state index in [4.69, 9.17) is 0 Å². The van der Waals surface area contributed by atoms with Crippen LogP contribution in [0.2, 0.25) is 0 Å². The molecule has 0 aliphatic carbocycles. The molecule has 0 amide bonds. The minimum atomic E-state index is 0.103. The van der Waals surface area contributed by atoms with Crippen LogP contribution in [-0.2, 0) is 13.0 Å². The highest BCUT2D eigenvalue weighted by Crippen LogP contribution is 2.20. The highest BCUT2D eigenvalue weighted by atomic mass is 16.2. The smallest absolute Gasteiger partial charge is 0.229 e. The first-order valence-corrected chi connectivity index (χ1v) is 11.2. The van der Waals surface area contributed by atoms with Gasteiger partial charge in [0.2, 0.25) is 5.95 Å². The van der Waals surface area contributed by atoms with Gasteiger partial charge >= 0.3 is 0 Å². The third-order valence-electron chi connectivity index (χ3n) is 5.96. The number of anilines is 2. The summed E-state index contributed by atoms with van der Waals surface area (Å²) in [5.41, 5.74) is 5.35. The lowest BCUT2D eigenvalue weighted by atomic mass is 10.1. The number of aliphatic hydroxyl groups is 1. The Kier molecular flexibility index (Phi) is 6.25. The van der Waals surface area contributed by atoms with Crippen molar-refractivity contribution in [1.29, 1.82) is 0 Å². The Morgan fingerprint density at radius 1 is 1.00 bits per heavy atom. The van der Waals surface area contributed by atoms with E-state index >= 15 is 0 Å². The zero-order chi connectivity index (χ0) is 22.6. The van der Waals surface area contributed by atoms with E-state index in [0.717, 1.165) is 49.7 Å². The molecule has 0 saturated carbocycles. The van der Waals surface area contributed by atoms with Gasteiger partial charge in [0.25, 0.3) is 0 Å². The largest absolute Gasteiger partial charge is 0.396 e. The number of aliphatic hydroxyl groups excluding tert-OH is 1. The fourth-order valence-corrected chi connectivity index (χ4v) is 4.02. The number of piperazine rings is 1. The van der Waals surface area contributed by atoms with E-state index in [2.05, 4.69) is 66.7 Å². The predicted octanol–water partition coefficient (Wildman–Crippen LogP) is 2.24. The van der Waals surface area contributed by atoms with E-state index in [1.165, 1.54) is 5.56 Å². The van der Waals surface area contributed by atoms with E-state index in [9.17, 15) is 5.11 Å². The molecule has 0 radical (unpaired) electrons. The van der Waals surface area contributed by atoms with Gasteiger partial charge in [0, 0.05) is 45.0 Å². The van der Waals surface area contributed by atoms with E-state index in [1.54, 1.807) is 10.9 Å². The van der Waals surface area contributed by atoms with Gasteiger partial charge in [0.05, 0.1) is 11.9 Å². The molecule has 1 fully saturated rings. The molecule has 9 nitrogen and oxygen atoms in total. The lowest BCUT2D eigenvalue weighted by Crippen LogP contribution is -2.43. The van der Waals surface area contributed by atoms with Crippen molar-refractivity contribution in [3.63, 3.8) is 0 Å². The molecule has 2 N–H and O–H groups in total. The maximum Gasteiger partial charge on any atom is 0.229 e. The van der Waals surface area contributed by atoms with E-state index in [0.29, 0.717) is 23.5 Å². The molecule has 5 rings (SSSR count). The Morgan fingerprint density at radius 3 is 2.61 bits per heavy atom. The maximum atomic E-state index is 9.23. The van der Waals surface area contributed by atoms with Gasteiger partial charge in [0.1, 0.15) is 0 Å². The zero-order valence-electron chi connectivity index (χ0n) is 18.7. The van der Waals surface area contributed by atoms with Gasteiger partial charge in [-0.15, -0.1) is 5.10 Å². The van der Waals surface area contributed by atoms with Crippen LogP contribution in [-0.4, -0.2) is 79.7 Å². The van der Waals surface area contributed by atoms with Crippen LogP contribution >= 0.6 is 0 Å². The standard InChI is InChI=1S/C24H28N8O/c1-30-10-12-31(13-11-30)17-19-5-7-20(8-6-19)26-24-25-16-22-23(27-24)32(29-28-22)21-4-2-3-18(15-21)9-14-33/h2-8,15-16,33H,9-14,17H2,1H3,(H,25,26,27). The van der Waals surface area contributed by atoms with Crippen molar-refractivity contribution in [3.05, 3.63) is 65.9 Å². The number of benzene rings is 2. The van der Waals surface area contributed by atoms with Gasteiger partial charge in [-0.3, -0.25) is 4.90 Å². The second-order valence-corrected chi connectivity index (χ2v) is 8.45. The van der Waals surface area contributed by atoms with Crippen molar-refractivity contribution in [2.45, 2.75) is 13.0 Å². The number of aromatic nitrogens is 5. The van der Waals surface area contributed by atoms with Gasteiger partial charge in [-0.25, -0.2) is 4.98 Å². The molecule has 0 spiro atoms. The maximum absolute atomic E-state index is 9.23. The van der Waals surface area contributed by atoms with Crippen LogP contribution in [0.1, 0.15) is 11.1 Å². The Hall–Kier alpha value is -3.40. The predicted molar refractivity (Wildman–Crippen MR) is 128 cm³/mol. The molecule has 0 bridgehead atoms. The van der Waals surface area contributed by atoms with Crippen LogP contribution in [0.15, 0.2) is 54.7 Å². The topological polar surface area (TPSA) is 95.2 Å². The van der Waals surface area contributed by atoms with Crippen molar-refractivity contribution in [2.75, 3.05) is 45.2 Å². The molecule has 2 aromatic heterocycles. The van der Waals surface area contributed by atoms with Crippen LogP contribution < -0.4 is 5.32 Å². The molecule has 1 aliphatic heterocycles. The minimum Gasteiger partial charge on any atom is -0.396 e. The van der Waals surface area contributed by atoms with Gasteiger partial charge in [-0.2, -0.15) is 9.67 Å². The van der Waals surface area contributed by atoms with Crippen LogP contribution in [0.5, 0.6) is 0 Å². The number of nitrogens with zero attached hydrogens (tertiary/aromatic N) is 7. The summed E-state index contributed by atoms with van der Waals surface area (Å²) in [6, 6.07) is 16.3. The average molecular weight is 445 g/mol. The first-order chi connectivity index (χ1) is 16.2. The molecular formula is C24H28N8O. The van der Waals surface area contributed by atoms with Crippen LogP contribution in [0, 0.1) is 0 Å². The van der Waals surface area contributed by atoms with Crippen molar-refractivity contribution in [3.8, 4) is 5.69 Å². The van der Waals surface area contributed by atoms with E-state index in [-0.39, 0.29) is 6.61 Å². The Labute approximate surface area is 192 Å². The highest BCUT2D eigenvalue weighted by molar-refractivity contribution is 5.72. The normalized spacial score (nSPS) is 15.2. The Morgan fingerprint density at radius 2 is 1.82 bits per heavy atom. The van der Waals surface area contributed by atoms with Gasteiger partial charge < -0.3 is 15.3 Å². The molecule has 0 atom stereocenters. The quantitative estimate of drug-likeness (QED) is 0.448. The summed E-state index contributed by atoms with van der Waals surface area (Å²) in [6.07, 6.45) is 2.26. The average Bonchev–Trinajstić information content (AvgIpc) is 3.26. The van der Waals surface area contributed by atoms with Gasteiger partial charge in [-0.05, 0) is 48.9 Å². The number of hydrogen-bond acceptors (Lipinski definition) is 8. The number of hydrogen-bond donors (Lipinski definition) is 2. The van der Waals surface area contributed by atoms with Crippen molar-refractivity contribution in [2.24, 2.45) is 0 Å². The monoisotopic (exact) mass is 444 g/mol. The van der Waals surface area contributed by atoms with E-state index < -0.39 is 0 Å². The fourth-order valence-electron chi connectivity index (χ4n) is 4.02. The Bertz CT molecular complexity index is 1210. The molecule has 1 saturated heterocycles. The number of likely N-dealkylation sites (N-methyl/N-ethyl adjacent to an activating group) is 1. The summed E-state index contributed by atoms with van der Waals surface area (Å²) in [4.78, 5) is 13.9. The summed E-state index contributed by atoms with van der Waals surface area (Å²) in [5, 5.41) is 21.0. The van der Waals surface area contributed by atoms with Crippen LogP contribution in [0.4, 0.5) is 11.6 Å². The molecule has 170 valence electrons. The third kappa shape index (κ3) is 5.00. The number of nitrogens with one attached hydrogen (secondary N) is 1. The second kappa shape index (κ2) is 9.62. The first-order valence-electron chi connectivity index (χ1n) is 11.2. The minimum absolute atomic E-state index is 0.103. The van der Waals surface area contributed by atoms with E-state index in [1.807, 2.05) is 24.3 Å². The zero-order valence-corrected chi connectivity index (χ0v) is 18.7. The first kappa shape index (κ1) is 21.4. The summed E-state index contributed by atoms with van der Waals surface area (Å²) < 4.78 is 1.70. The fraction of sp³-hybridized carbons (Fsp3) is 0.333. The number of fused-ring (bicyclic) bond motifs is 1. The summed E-state index contributed by atoms with van der Waals surface area (Å²) in [5.74, 6) is 0.490.